The topological polar surface area (TPSA) is 74.9 Å². The van der Waals surface area contributed by atoms with Crippen molar-refractivity contribution in [3.8, 4) is 17.6 Å². The number of halogens is 2. The molecule has 0 N–H and O–H groups in total. The van der Waals surface area contributed by atoms with Gasteiger partial charge < -0.3 is 9.47 Å². The van der Waals surface area contributed by atoms with E-state index < -0.39 is 0 Å². The summed E-state index contributed by atoms with van der Waals surface area (Å²) in [7, 11) is 1.60. The van der Waals surface area contributed by atoms with Gasteiger partial charge in [0.25, 0.3) is 5.91 Å². The second kappa shape index (κ2) is 11.5. The predicted molar refractivity (Wildman–Crippen MR) is 145 cm³/mol. The fourth-order valence-electron chi connectivity index (χ4n) is 3.49. The summed E-state index contributed by atoms with van der Waals surface area (Å²) < 4.78 is 11.0. The number of rotatable bonds is 7. The number of carbonyl (C=O) groups is 1. The van der Waals surface area contributed by atoms with E-state index in [0.717, 1.165) is 17.0 Å². The fourth-order valence-corrected chi connectivity index (χ4v) is 5.17. The molecule has 4 rings (SSSR count). The van der Waals surface area contributed by atoms with E-state index in [2.05, 4.69) is 11.1 Å². The van der Waals surface area contributed by atoms with Crippen LogP contribution in [0.4, 0.5) is 5.69 Å². The number of benzene rings is 3. The molecule has 1 aliphatic rings. The zero-order valence-corrected chi connectivity index (χ0v) is 21.8. The van der Waals surface area contributed by atoms with Crippen LogP contribution in [0.1, 0.15) is 23.6 Å². The average Bonchev–Trinajstić information content (AvgIpc) is 3.17. The second-order valence-electron chi connectivity index (χ2n) is 7.62. The zero-order chi connectivity index (χ0) is 25.7. The lowest BCUT2D eigenvalue weighted by Crippen LogP contribution is -2.28. The molecule has 0 atom stereocenters. The molecule has 0 bridgehead atoms. The summed E-state index contributed by atoms with van der Waals surface area (Å²) in [5, 5.41) is 10.5. The van der Waals surface area contributed by atoms with Crippen molar-refractivity contribution in [2.75, 3.05) is 13.7 Å². The smallest absolute Gasteiger partial charge is 0.266 e. The van der Waals surface area contributed by atoms with Crippen LogP contribution in [0.15, 0.2) is 70.6 Å². The number of carbonyl (C=O) groups excluding carboxylic acids is 1. The maximum Gasteiger partial charge on any atom is 0.266 e. The minimum Gasteiger partial charge on any atom is -0.497 e. The van der Waals surface area contributed by atoms with Crippen molar-refractivity contribution in [3.05, 3.63) is 92.3 Å². The summed E-state index contributed by atoms with van der Waals surface area (Å²) in [6.45, 7) is 2.53. The van der Waals surface area contributed by atoms with Crippen LogP contribution >= 0.6 is 35.0 Å². The Hall–Kier alpha value is -3.44. The molecule has 6 nitrogen and oxygen atoms in total. The molecule has 1 fully saturated rings. The molecule has 0 spiro atoms. The van der Waals surface area contributed by atoms with Crippen molar-refractivity contribution < 1.29 is 14.3 Å². The molecule has 36 heavy (non-hydrogen) atoms. The number of ether oxygens (including phenoxy) is 2. The summed E-state index contributed by atoms with van der Waals surface area (Å²) in [6.07, 6.45) is 1.73. The number of nitriles is 1. The Morgan fingerprint density at radius 1 is 1.11 bits per heavy atom. The van der Waals surface area contributed by atoms with Gasteiger partial charge in [-0.05, 0) is 72.8 Å². The Labute approximate surface area is 223 Å². The zero-order valence-electron chi connectivity index (χ0n) is 19.5. The van der Waals surface area contributed by atoms with E-state index in [0.29, 0.717) is 43.5 Å². The van der Waals surface area contributed by atoms with Gasteiger partial charge in [0.05, 0.1) is 39.4 Å². The highest BCUT2D eigenvalue weighted by Gasteiger charge is 2.32. The molecule has 0 aromatic heterocycles. The van der Waals surface area contributed by atoms with Crippen LogP contribution in [-0.2, 0) is 11.4 Å². The number of likely N-dealkylation sites (N-methyl/N-ethyl adjacent to an activating group) is 1. The van der Waals surface area contributed by atoms with Crippen molar-refractivity contribution in [2.45, 2.75) is 13.5 Å². The Morgan fingerprint density at radius 2 is 1.81 bits per heavy atom. The van der Waals surface area contributed by atoms with Gasteiger partial charge in [0.15, 0.2) is 10.9 Å². The molecule has 1 aliphatic heterocycles. The summed E-state index contributed by atoms with van der Waals surface area (Å²) in [5.74, 6) is 0.906. The van der Waals surface area contributed by atoms with Crippen LogP contribution in [-0.4, -0.2) is 29.6 Å². The highest BCUT2D eigenvalue weighted by atomic mass is 35.5. The molecular weight excluding hydrogens is 517 g/mol. The Balaban J connectivity index is 1.56. The second-order valence-corrected chi connectivity index (χ2v) is 9.45. The van der Waals surface area contributed by atoms with Crippen molar-refractivity contribution in [1.29, 1.82) is 5.26 Å². The standard InChI is InChI=1S/C27H21Cl2N3O3S/c1-3-32-26(33)24(36-27(32)31-20-8-10-21(34-2)11-9-20)14-17-12-22(28)25(23(29)13-17)35-16-19-7-5-4-6-18(19)15-30/h4-14H,3,16H2,1-2H3/b24-14+,31-27?. The molecule has 0 radical (unpaired) electrons. The number of nitrogens with zero attached hydrogens (tertiary/aromatic N) is 3. The normalized spacial score (nSPS) is 15.4. The first-order valence-electron chi connectivity index (χ1n) is 11.0. The first-order chi connectivity index (χ1) is 17.4. The Morgan fingerprint density at radius 3 is 2.44 bits per heavy atom. The third kappa shape index (κ3) is 5.68. The largest absolute Gasteiger partial charge is 0.497 e. The first kappa shape index (κ1) is 25.6. The van der Waals surface area contributed by atoms with Gasteiger partial charge in [-0.3, -0.25) is 9.69 Å². The van der Waals surface area contributed by atoms with Crippen LogP contribution in [0.2, 0.25) is 10.0 Å². The van der Waals surface area contributed by atoms with Gasteiger partial charge >= 0.3 is 0 Å². The highest BCUT2D eigenvalue weighted by molar-refractivity contribution is 8.18. The van der Waals surface area contributed by atoms with E-state index in [1.165, 1.54) is 11.8 Å². The van der Waals surface area contributed by atoms with E-state index in [9.17, 15) is 10.1 Å². The summed E-state index contributed by atoms with van der Waals surface area (Å²) >= 11 is 14.2. The predicted octanol–water partition coefficient (Wildman–Crippen LogP) is 7.08. The fraction of sp³-hybridized carbons (Fsp3) is 0.148. The highest BCUT2D eigenvalue weighted by Crippen LogP contribution is 2.38. The van der Waals surface area contributed by atoms with Gasteiger partial charge in [-0.2, -0.15) is 5.26 Å². The number of thioether (sulfide) groups is 1. The molecular formula is C27H21Cl2N3O3S. The lowest BCUT2D eigenvalue weighted by atomic mass is 10.1. The van der Waals surface area contributed by atoms with Gasteiger partial charge in [-0.15, -0.1) is 0 Å². The Kier molecular flexibility index (Phi) is 8.21. The van der Waals surface area contributed by atoms with E-state index in [1.54, 1.807) is 42.4 Å². The quantitative estimate of drug-likeness (QED) is 0.301. The minimum absolute atomic E-state index is 0.143. The van der Waals surface area contributed by atoms with Gasteiger partial charge in [-0.1, -0.05) is 41.4 Å². The van der Waals surface area contributed by atoms with Gasteiger partial charge in [-0.25, -0.2) is 4.99 Å². The number of hydrogen-bond acceptors (Lipinski definition) is 6. The number of amides is 1. The van der Waals surface area contributed by atoms with Crippen molar-refractivity contribution in [1.82, 2.24) is 4.90 Å². The van der Waals surface area contributed by atoms with Crippen molar-refractivity contribution >= 4 is 57.8 Å². The van der Waals surface area contributed by atoms with E-state index in [4.69, 9.17) is 32.7 Å². The van der Waals surface area contributed by atoms with E-state index >= 15 is 0 Å². The van der Waals surface area contributed by atoms with Crippen LogP contribution < -0.4 is 9.47 Å². The van der Waals surface area contributed by atoms with Crippen molar-refractivity contribution in [3.63, 3.8) is 0 Å². The molecule has 3 aromatic carbocycles. The van der Waals surface area contributed by atoms with E-state index in [-0.39, 0.29) is 12.5 Å². The first-order valence-corrected chi connectivity index (χ1v) is 12.5. The van der Waals surface area contributed by atoms with Gasteiger partial charge in [0.1, 0.15) is 12.4 Å². The maximum absolute atomic E-state index is 13.0. The molecule has 0 aliphatic carbocycles. The van der Waals surface area contributed by atoms with Crippen LogP contribution in [0.5, 0.6) is 11.5 Å². The molecule has 1 amide bonds. The molecule has 3 aromatic rings. The number of aliphatic imine (C=N–C) groups is 1. The van der Waals surface area contributed by atoms with E-state index in [1.807, 2.05) is 43.3 Å². The third-order valence-corrected chi connectivity index (χ3v) is 6.90. The third-order valence-electron chi connectivity index (χ3n) is 5.33. The monoisotopic (exact) mass is 537 g/mol. The molecule has 0 unspecified atom stereocenters. The molecule has 1 heterocycles. The van der Waals surface area contributed by atoms with Crippen LogP contribution in [0.25, 0.3) is 6.08 Å². The lowest BCUT2D eigenvalue weighted by molar-refractivity contribution is -0.122. The summed E-state index contributed by atoms with van der Waals surface area (Å²) in [6, 6.07) is 20.0. The maximum atomic E-state index is 13.0. The minimum atomic E-state index is -0.143. The molecule has 0 saturated carbocycles. The van der Waals surface area contributed by atoms with Gasteiger partial charge in [0, 0.05) is 12.1 Å². The molecule has 182 valence electrons. The number of hydrogen-bond donors (Lipinski definition) is 0. The summed E-state index contributed by atoms with van der Waals surface area (Å²) in [4.78, 5) is 19.8. The average molecular weight is 538 g/mol. The lowest BCUT2D eigenvalue weighted by Gasteiger charge is -2.12. The molecule has 1 saturated heterocycles. The van der Waals surface area contributed by atoms with Crippen LogP contribution in [0, 0.1) is 11.3 Å². The Bertz CT molecular complexity index is 1380. The number of methoxy groups -OCH3 is 1. The number of amidine groups is 1. The van der Waals surface area contributed by atoms with Gasteiger partial charge in [0.2, 0.25) is 0 Å². The van der Waals surface area contributed by atoms with Crippen molar-refractivity contribution in [2.24, 2.45) is 4.99 Å². The van der Waals surface area contributed by atoms with Crippen LogP contribution in [0.3, 0.4) is 0 Å². The molecule has 9 heteroatoms. The SMILES string of the molecule is CCN1C(=O)/C(=C\c2cc(Cl)c(OCc3ccccc3C#N)c(Cl)c2)SC1=Nc1ccc(OC)cc1. The summed E-state index contributed by atoms with van der Waals surface area (Å²) in [5.41, 5.74) is 2.63.